The third-order valence-corrected chi connectivity index (χ3v) is 3.80. The lowest BCUT2D eigenvalue weighted by atomic mass is 10.2. The van der Waals surface area contributed by atoms with E-state index in [1.54, 1.807) is 12.1 Å². The average molecular weight is 349 g/mol. The van der Waals surface area contributed by atoms with Gasteiger partial charge in [-0.15, -0.1) is 0 Å². The van der Waals surface area contributed by atoms with Crippen molar-refractivity contribution < 1.29 is 9.53 Å². The second-order valence-electron chi connectivity index (χ2n) is 4.48. The van der Waals surface area contributed by atoms with E-state index in [-0.39, 0.29) is 12.0 Å². The van der Waals surface area contributed by atoms with Crippen LogP contribution in [0, 0.1) is 0 Å². The molecule has 0 bridgehead atoms. The molecule has 106 valence electrons. The molecule has 1 rings (SSSR count). The Hall–Kier alpha value is -0.580. The SMILES string of the molecule is CC(C)OCCCCNC(=O)c1cccc(Br)c1Cl. The molecule has 0 fully saturated rings. The van der Waals surface area contributed by atoms with E-state index in [1.807, 2.05) is 19.9 Å². The lowest BCUT2D eigenvalue weighted by Gasteiger charge is -2.09. The molecule has 0 radical (unpaired) electrons. The van der Waals surface area contributed by atoms with E-state index >= 15 is 0 Å². The van der Waals surface area contributed by atoms with Crippen LogP contribution < -0.4 is 5.32 Å². The Balaban J connectivity index is 2.30. The zero-order valence-electron chi connectivity index (χ0n) is 11.2. The lowest BCUT2D eigenvalue weighted by molar-refractivity contribution is 0.0754. The fourth-order valence-electron chi connectivity index (χ4n) is 1.52. The maximum absolute atomic E-state index is 11.9. The standard InChI is InChI=1S/C14H19BrClNO2/c1-10(2)19-9-4-3-8-17-14(18)11-6-5-7-12(15)13(11)16/h5-7,10H,3-4,8-9H2,1-2H3,(H,17,18). The first-order chi connectivity index (χ1) is 9.02. The summed E-state index contributed by atoms with van der Waals surface area (Å²) in [6, 6.07) is 5.31. The smallest absolute Gasteiger partial charge is 0.252 e. The monoisotopic (exact) mass is 347 g/mol. The van der Waals surface area contributed by atoms with Crippen LogP contribution in [0.3, 0.4) is 0 Å². The first kappa shape index (κ1) is 16.5. The highest BCUT2D eigenvalue weighted by Gasteiger charge is 2.11. The number of amides is 1. The molecule has 0 heterocycles. The van der Waals surface area contributed by atoms with Crippen LogP contribution in [-0.2, 0) is 4.74 Å². The van der Waals surface area contributed by atoms with Crippen LogP contribution in [0.4, 0.5) is 0 Å². The van der Waals surface area contributed by atoms with Crippen molar-refractivity contribution in [1.82, 2.24) is 5.32 Å². The third kappa shape index (κ3) is 5.93. The average Bonchev–Trinajstić information content (AvgIpc) is 2.36. The molecule has 3 nitrogen and oxygen atoms in total. The van der Waals surface area contributed by atoms with Crippen molar-refractivity contribution in [1.29, 1.82) is 0 Å². The number of unbranched alkanes of at least 4 members (excludes halogenated alkanes) is 1. The quantitative estimate of drug-likeness (QED) is 0.755. The van der Waals surface area contributed by atoms with Gasteiger partial charge in [0.05, 0.1) is 16.7 Å². The Bertz CT molecular complexity index is 424. The second-order valence-corrected chi connectivity index (χ2v) is 5.72. The van der Waals surface area contributed by atoms with Gasteiger partial charge in [-0.1, -0.05) is 17.7 Å². The number of carbonyl (C=O) groups excluding carboxylic acids is 1. The van der Waals surface area contributed by atoms with Crippen LogP contribution in [-0.4, -0.2) is 25.2 Å². The first-order valence-corrected chi connectivity index (χ1v) is 7.53. The van der Waals surface area contributed by atoms with E-state index in [1.165, 1.54) is 0 Å². The molecule has 0 aliphatic rings. The van der Waals surface area contributed by atoms with E-state index in [0.717, 1.165) is 23.9 Å². The molecule has 1 aromatic carbocycles. The first-order valence-electron chi connectivity index (χ1n) is 6.36. The largest absolute Gasteiger partial charge is 0.379 e. The van der Waals surface area contributed by atoms with Crippen molar-refractivity contribution in [2.75, 3.05) is 13.2 Å². The van der Waals surface area contributed by atoms with Crippen LogP contribution in [0.25, 0.3) is 0 Å². The summed E-state index contributed by atoms with van der Waals surface area (Å²) in [4.78, 5) is 11.9. The van der Waals surface area contributed by atoms with Crippen molar-refractivity contribution in [2.45, 2.75) is 32.8 Å². The number of halogens is 2. The molecular formula is C14H19BrClNO2. The van der Waals surface area contributed by atoms with Crippen LogP contribution in [0.5, 0.6) is 0 Å². The molecule has 1 N–H and O–H groups in total. The van der Waals surface area contributed by atoms with Gasteiger partial charge in [-0.3, -0.25) is 4.79 Å². The number of rotatable bonds is 7. The molecular weight excluding hydrogens is 330 g/mol. The predicted octanol–water partition coefficient (Wildman–Crippen LogP) is 4.04. The minimum absolute atomic E-state index is 0.143. The van der Waals surface area contributed by atoms with Gasteiger partial charge >= 0.3 is 0 Å². The van der Waals surface area contributed by atoms with Crippen LogP contribution in [0.15, 0.2) is 22.7 Å². The zero-order chi connectivity index (χ0) is 14.3. The van der Waals surface area contributed by atoms with Crippen LogP contribution in [0.2, 0.25) is 5.02 Å². The number of hydrogen-bond donors (Lipinski definition) is 1. The summed E-state index contributed by atoms with van der Waals surface area (Å²) in [6.45, 7) is 5.38. The molecule has 0 aromatic heterocycles. The molecule has 1 aromatic rings. The minimum atomic E-state index is -0.143. The molecule has 0 saturated heterocycles. The Labute approximate surface area is 127 Å². The molecule has 0 saturated carbocycles. The minimum Gasteiger partial charge on any atom is -0.379 e. The Kier molecular flexibility index (Phi) is 7.42. The Morgan fingerprint density at radius 2 is 2.16 bits per heavy atom. The molecule has 0 spiro atoms. The molecule has 1 amide bonds. The van der Waals surface area contributed by atoms with Crippen molar-refractivity contribution >= 4 is 33.4 Å². The van der Waals surface area contributed by atoms with E-state index in [0.29, 0.717) is 17.1 Å². The number of benzene rings is 1. The molecule has 0 atom stereocenters. The molecule has 0 aliphatic carbocycles. The van der Waals surface area contributed by atoms with E-state index in [9.17, 15) is 4.79 Å². The number of hydrogen-bond acceptors (Lipinski definition) is 2. The van der Waals surface area contributed by atoms with Crippen molar-refractivity contribution in [3.63, 3.8) is 0 Å². The van der Waals surface area contributed by atoms with Gasteiger partial charge in [-0.05, 0) is 54.8 Å². The Morgan fingerprint density at radius 1 is 1.42 bits per heavy atom. The number of carbonyl (C=O) groups is 1. The molecule has 19 heavy (non-hydrogen) atoms. The second kappa shape index (κ2) is 8.56. The highest BCUT2D eigenvalue weighted by atomic mass is 79.9. The highest BCUT2D eigenvalue weighted by molar-refractivity contribution is 9.10. The van der Waals surface area contributed by atoms with Gasteiger partial charge in [0.15, 0.2) is 0 Å². The number of nitrogens with one attached hydrogen (secondary N) is 1. The number of ether oxygens (including phenoxy) is 1. The Morgan fingerprint density at radius 3 is 2.84 bits per heavy atom. The fraction of sp³-hybridized carbons (Fsp3) is 0.500. The van der Waals surface area contributed by atoms with E-state index in [4.69, 9.17) is 16.3 Å². The van der Waals surface area contributed by atoms with Gasteiger partial charge in [0.25, 0.3) is 5.91 Å². The lowest BCUT2D eigenvalue weighted by Crippen LogP contribution is -2.25. The maximum Gasteiger partial charge on any atom is 0.252 e. The van der Waals surface area contributed by atoms with Gasteiger partial charge in [0.1, 0.15) is 0 Å². The normalized spacial score (nSPS) is 10.8. The molecule has 0 unspecified atom stereocenters. The summed E-state index contributed by atoms with van der Waals surface area (Å²) < 4.78 is 6.16. The third-order valence-electron chi connectivity index (χ3n) is 2.50. The molecule has 0 aliphatic heterocycles. The van der Waals surface area contributed by atoms with Gasteiger partial charge in [-0.25, -0.2) is 0 Å². The summed E-state index contributed by atoms with van der Waals surface area (Å²) in [5.74, 6) is -0.143. The van der Waals surface area contributed by atoms with Gasteiger partial charge < -0.3 is 10.1 Å². The summed E-state index contributed by atoms with van der Waals surface area (Å²) >= 11 is 9.36. The van der Waals surface area contributed by atoms with E-state index < -0.39 is 0 Å². The van der Waals surface area contributed by atoms with Gasteiger partial charge in [0, 0.05) is 17.6 Å². The van der Waals surface area contributed by atoms with Gasteiger partial charge in [0.2, 0.25) is 0 Å². The van der Waals surface area contributed by atoms with E-state index in [2.05, 4.69) is 21.2 Å². The zero-order valence-corrected chi connectivity index (χ0v) is 13.6. The topological polar surface area (TPSA) is 38.3 Å². The summed E-state index contributed by atoms with van der Waals surface area (Å²) in [5, 5.41) is 3.30. The van der Waals surface area contributed by atoms with Crippen LogP contribution in [0.1, 0.15) is 37.0 Å². The summed E-state index contributed by atoms with van der Waals surface area (Å²) in [6.07, 6.45) is 2.09. The van der Waals surface area contributed by atoms with Crippen molar-refractivity contribution in [2.24, 2.45) is 0 Å². The summed E-state index contributed by atoms with van der Waals surface area (Å²) in [7, 11) is 0. The molecule has 5 heteroatoms. The van der Waals surface area contributed by atoms with Crippen molar-refractivity contribution in [3.8, 4) is 0 Å². The highest BCUT2D eigenvalue weighted by Crippen LogP contribution is 2.25. The summed E-state index contributed by atoms with van der Waals surface area (Å²) in [5.41, 5.74) is 0.495. The van der Waals surface area contributed by atoms with Crippen molar-refractivity contribution in [3.05, 3.63) is 33.3 Å². The van der Waals surface area contributed by atoms with Gasteiger partial charge in [-0.2, -0.15) is 0 Å². The maximum atomic E-state index is 11.9. The fourth-order valence-corrected chi connectivity index (χ4v) is 2.10. The predicted molar refractivity (Wildman–Crippen MR) is 81.8 cm³/mol. The van der Waals surface area contributed by atoms with Crippen LogP contribution >= 0.6 is 27.5 Å².